The summed E-state index contributed by atoms with van der Waals surface area (Å²) in [4.78, 5) is 10.1. The van der Waals surface area contributed by atoms with E-state index >= 15 is 0 Å². The summed E-state index contributed by atoms with van der Waals surface area (Å²) in [6, 6.07) is 0. The maximum atomic E-state index is 10.1. The van der Waals surface area contributed by atoms with Crippen molar-refractivity contribution in [3.05, 3.63) is 22.2 Å². The number of aldehydes is 1. The molecule has 0 aliphatic heterocycles. The first kappa shape index (κ1) is 7.73. The average molecular weight is 201 g/mol. The van der Waals surface area contributed by atoms with Gasteiger partial charge in [0, 0.05) is 10.9 Å². The molecule has 0 N–H and O–H groups in total. The van der Waals surface area contributed by atoms with Gasteiger partial charge in [0.15, 0.2) is 0 Å². The molecule has 0 aromatic heterocycles. The minimum atomic E-state index is 0.514. The topological polar surface area (TPSA) is 17.1 Å². The normalized spacial score (nSPS) is 21.3. The number of allylic oxidation sites excluding steroid dienone is 4. The summed E-state index contributed by atoms with van der Waals surface area (Å²) >= 11 is 3.36. The fourth-order valence-electron chi connectivity index (χ4n) is 0.978. The Hall–Kier alpha value is -0.370. The van der Waals surface area contributed by atoms with Gasteiger partial charge in [-0.05, 0) is 18.4 Å². The smallest absolute Gasteiger partial charge is 0.124 e. The Balaban J connectivity index is 2.64. The third-order valence-corrected chi connectivity index (χ3v) is 2.34. The lowest BCUT2D eigenvalue weighted by Gasteiger charge is -1.95. The molecule has 1 aliphatic carbocycles. The van der Waals surface area contributed by atoms with Gasteiger partial charge in [0.2, 0.25) is 0 Å². The molecule has 54 valence electrons. The number of carbonyl (C=O) groups is 1. The first-order valence-corrected chi connectivity index (χ1v) is 4.11. The van der Waals surface area contributed by atoms with Crippen LogP contribution in [0.25, 0.3) is 0 Å². The van der Waals surface area contributed by atoms with Crippen molar-refractivity contribution in [1.82, 2.24) is 0 Å². The molecule has 0 saturated heterocycles. The van der Waals surface area contributed by atoms with Crippen molar-refractivity contribution >= 4 is 22.2 Å². The number of rotatable bonds is 2. The second-order valence-corrected chi connectivity index (χ2v) is 3.20. The van der Waals surface area contributed by atoms with E-state index in [2.05, 4.69) is 28.1 Å². The highest BCUT2D eigenvalue weighted by atomic mass is 79.9. The minimum absolute atomic E-state index is 0.514. The largest absolute Gasteiger partial charge is 0.303 e. The first-order chi connectivity index (χ1) is 4.84. The maximum absolute atomic E-state index is 10.1. The summed E-state index contributed by atoms with van der Waals surface area (Å²) in [5, 5.41) is 0. The quantitative estimate of drug-likeness (QED) is 0.627. The van der Waals surface area contributed by atoms with Crippen molar-refractivity contribution < 1.29 is 4.79 Å². The maximum Gasteiger partial charge on any atom is 0.124 e. The number of hydrogen-bond donors (Lipinski definition) is 0. The molecule has 1 nitrogen and oxygen atoms in total. The minimum Gasteiger partial charge on any atom is -0.303 e. The van der Waals surface area contributed by atoms with Gasteiger partial charge < -0.3 is 4.79 Å². The lowest BCUT2D eigenvalue weighted by atomic mass is 10.2. The molecule has 2 heteroatoms. The molecular formula is C8H9BrO. The number of hydrogen-bond acceptors (Lipinski definition) is 1. The SMILES string of the molecule is O=CC/C(Br)=C1/C=CCC1. The van der Waals surface area contributed by atoms with Crippen molar-refractivity contribution in [2.24, 2.45) is 0 Å². The van der Waals surface area contributed by atoms with Gasteiger partial charge in [-0.15, -0.1) is 0 Å². The molecule has 0 radical (unpaired) electrons. The van der Waals surface area contributed by atoms with Crippen molar-refractivity contribution in [3.63, 3.8) is 0 Å². The fourth-order valence-corrected chi connectivity index (χ4v) is 1.44. The molecule has 0 spiro atoms. The van der Waals surface area contributed by atoms with E-state index in [1.54, 1.807) is 0 Å². The number of carbonyl (C=O) groups excluding carboxylic acids is 1. The van der Waals surface area contributed by atoms with Crippen molar-refractivity contribution in [2.45, 2.75) is 19.3 Å². The lowest BCUT2D eigenvalue weighted by molar-refractivity contribution is -0.107. The fraction of sp³-hybridized carbons (Fsp3) is 0.375. The van der Waals surface area contributed by atoms with Crippen LogP contribution in [0.4, 0.5) is 0 Å². The van der Waals surface area contributed by atoms with Crippen LogP contribution in [0.1, 0.15) is 19.3 Å². The van der Waals surface area contributed by atoms with Crippen LogP contribution in [0.3, 0.4) is 0 Å². The molecule has 0 bridgehead atoms. The van der Waals surface area contributed by atoms with E-state index in [-0.39, 0.29) is 0 Å². The van der Waals surface area contributed by atoms with Gasteiger partial charge >= 0.3 is 0 Å². The first-order valence-electron chi connectivity index (χ1n) is 3.32. The molecule has 1 rings (SSSR count). The summed E-state index contributed by atoms with van der Waals surface area (Å²) in [5.41, 5.74) is 1.27. The Labute approximate surface area is 68.9 Å². The summed E-state index contributed by atoms with van der Waals surface area (Å²) < 4.78 is 1.04. The van der Waals surface area contributed by atoms with Crippen LogP contribution in [-0.2, 0) is 4.79 Å². The van der Waals surface area contributed by atoms with Crippen LogP contribution in [0.2, 0.25) is 0 Å². The zero-order valence-corrected chi connectivity index (χ0v) is 7.23. The van der Waals surface area contributed by atoms with Gasteiger partial charge in [-0.2, -0.15) is 0 Å². The van der Waals surface area contributed by atoms with E-state index < -0.39 is 0 Å². The summed E-state index contributed by atoms with van der Waals surface area (Å²) in [5.74, 6) is 0. The van der Waals surface area contributed by atoms with Gasteiger partial charge in [0.25, 0.3) is 0 Å². The Morgan fingerprint density at radius 3 is 3.10 bits per heavy atom. The van der Waals surface area contributed by atoms with Gasteiger partial charge in [-0.1, -0.05) is 28.1 Å². The lowest BCUT2D eigenvalue weighted by Crippen LogP contribution is -1.80. The van der Waals surface area contributed by atoms with Crippen LogP contribution in [0, 0.1) is 0 Å². The summed E-state index contributed by atoms with van der Waals surface area (Å²) in [7, 11) is 0. The van der Waals surface area contributed by atoms with Crippen LogP contribution in [-0.4, -0.2) is 6.29 Å². The molecule has 0 saturated carbocycles. The van der Waals surface area contributed by atoms with E-state index in [9.17, 15) is 4.79 Å². The molecule has 0 aromatic carbocycles. The van der Waals surface area contributed by atoms with E-state index in [1.165, 1.54) is 5.57 Å². The van der Waals surface area contributed by atoms with Gasteiger partial charge in [0.1, 0.15) is 6.29 Å². The monoisotopic (exact) mass is 200 g/mol. The van der Waals surface area contributed by atoms with E-state index in [4.69, 9.17) is 0 Å². The molecule has 0 unspecified atom stereocenters. The van der Waals surface area contributed by atoms with Crippen molar-refractivity contribution in [3.8, 4) is 0 Å². The second kappa shape index (κ2) is 3.71. The van der Waals surface area contributed by atoms with Gasteiger partial charge in [-0.3, -0.25) is 0 Å². The molecule has 10 heavy (non-hydrogen) atoms. The number of halogens is 1. The standard InChI is InChI=1S/C8H9BrO/c9-8(5-6-10)7-3-1-2-4-7/h1,3,6H,2,4-5H2/b8-7+. The highest BCUT2D eigenvalue weighted by Crippen LogP contribution is 2.24. The van der Waals surface area contributed by atoms with E-state index in [0.717, 1.165) is 23.6 Å². The summed E-state index contributed by atoms with van der Waals surface area (Å²) in [6.45, 7) is 0. The van der Waals surface area contributed by atoms with E-state index in [1.807, 2.05) is 0 Å². The van der Waals surface area contributed by atoms with Crippen LogP contribution in [0.15, 0.2) is 22.2 Å². The third-order valence-electron chi connectivity index (χ3n) is 1.51. The Morgan fingerprint density at radius 1 is 1.80 bits per heavy atom. The van der Waals surface area contributed by atoms with E-state index in [0.29, 0.717) is 6.42 Å². The Kier molecular flexibility index (Phi) is 2.87. The second-order valence-electron chi connectivity index (χ2n) is 2.24. The van der Waals surface area contributed by atoms with Crippen molar-refractivity contribution in [2.75, 3.05) is 0 Å². The molecule has 1 aliphatic rings. The summed E-state index contributed by atoms with van der Waals surface area (Å²) in [6.07, 6.45) is 7.83. The van der Waals surface area contributed by atoms with Gasteiger partial charge in [0.05, 0.1) is 0 Å². The Morgan fingerprint density at radius 2 is 2.60 bits per heavy atom. The average Bonchev–Trinajstić information content (AvgIpc) is 2.38. The predicted molar refractivity (Wildman–Crippen MR) is 45.0 cm³/mol. The molecule has 0 aromatic rings. The zero-order valence-electron chi connectivity index (χ0n) is 5.64. The van der Waals surface area contributed by atoms with Crippen molar-refractivity contribution in [1.29, 1.82) is 0 Å². The zero-order chi connectivity index (χ0) is 7.40. The molecule has 0 fully saturated rings. The predicted octanol–water partition coefficient (Wildman–Crippen LogP) is 2.57. The highest BCUT2D eigenvalue weighted by Gasteiger charge is 2.03. The van der Waals surface area contributed by atoms with Gasteiger partial charge in [-0.25, -0.2) is 0 Å². The Bertz CT molecular complexity index is 191. The molecule has 0 heterocycles. The molecule has 0 atom stereocenters. The molecule has 0 amide bonds. The highest BCUT2D eigenvalue weighted by molar-refractivity contribution is 9.11. The molecular weight excluding hydrogens is 192 g/mol. The van der Waals surface area contributed by atoms with Crippen LogP contribution in [0.5, 0.6) is 0 Å². The third kappa shape index (κ3) is 1.81. The van der Waals surface area contributed by atoms with Crippen LogP contribution >= 0.6 is 15.9 Å². The van der Waals surface area contributed by atoms with Crippen LogP contribution < -0.4 is 0 Å².